The molecule has 1 aromatic carbocycles. The second-order valence-electron chi connectivity index (χ2n) is 5.59. The van der Waals surface area contributed by atoms with Crippen LogP contribution >= 0.6 is 11.6 Å². The molecule has 3 rings (SSSR count). The van der Waals surface area contributed by atoms with Crippen molar-refractivity contribution in [3.05, 3.63) is 52.6 Å². The lowest BCUT2D eigenvalue weighted by Crippen LogP contribution is -2.44. The molecular weight excluding hydrogens is 375 g/mol. The molecule has 1 fully saturated rings. The van der Waals surface area contributed by atoms with Crippen LogP contribution in [0.15, 0.2) is 30.5 Å². The fourth-order valence-electron chi connectivity index (χ4n) is 2.48. The molecule has 0 saturated carbocycles. The van der Waals surface area contributed by atoms with Gasteiger partial charge in [0.15, 0.2) is 0 Å². The zero-order chi connectivity index (χ0) is 18.9. The summed E-state index contributed by atoms with van der Waals surface area (Å²) in [7, 11) is 0. The van der Waals surface area contributed by atoms with Crippen LogP contribution in [0, 0.1) is 0 Å². The maximum Gasteiger partial charge on any atom is 0.449 e. The first kappa shape index (κ1) is 18.1. The standard InChI is InChI=1S/C15H13ClF3N5O2/c16-8-3-1-7(2-4-8)11(9-5-20-13(22-9)15(17,18)19)24-12(25)10-6-21-14(26)23-10/h1-5,10-11H,6H2,(H,20,22)(H,24,25)(H2,21,23,26)/t10-,11-/m0/s1. The van der Waals surface area contributed by atoms with Crippen LogP contribution in [0.3, 0.4) is 0 Å². The maximum absolute atomic E-state index is 12.8. The predicted molar refractivity (Wildman–Crippen MR) is 85.3 cm³/mol. The van der Waals surface area contributed by atoms with E-state index < -0.39 is 36.0 Å². The van der Waals surface area contributed by atoms with Gasteiger partial charge >= 0.3 is 12.2 Å². The molecule has 4 N–H and O–H groups in total. The van der Waals surface area contributed by atoms with Gasteiger partial charge in [0, 0.05) is 11.6 Å². The molecule has 11 heteroatoms. The van der Waals surface area contributed by atoms with Crippen LogP contribution < -0.4 is 16.0 Å². The molecule has 1 aromatic heterocycles. The summed E-state index contributed by atoms with van der Waals surface area (Å²) in [5.74, 6) is -1.72. The first-order valence-corrected chi connectivity index (χ1v) is 7.84. The number of amides is 3. The minimum Gasteiger partial charge on any atom is -0.342 e. The molecule has 1 aliphatic heterocycles. The number of alkyl halides is 3. The van der Waals surface area contributed by atoms with Gasteiger partial charge in [0.05, 0.1) is 17.9 Å². The van der Waals surface area contributed by atoms with Crippen LogP contribution in [-0.2, 0) is 11.0 Å². The van der Waals surface area contributed by atoms with E-state index in [9.17, 15) is 22.8 Å². The van der Waals surface area contributed by atoms with Crippen molar-refractivity contribution < 1.29 is 22.8 Å². The molecule has 0 unspecified atom stereocenters. The summed E-state index contributed by atoms with van der Waals surface area (Å²) in [5, 5.41) is 7.91. The molecule has 1 saturated heterocycles. The Hall–Kier alpha value is -2.75. The van der Waals surface area contributed by atoms with Crippen LogP contribution in [0.25, 0.3) is 0 Å². The van der Waals surface area contributed by atoms with Crippen molar-refractivity contribution in [3.63, 3.8) is 0 Å². The fraction of sp³-hybridized carbons (Fsp3) is 0.267. The molecule has 2 atom stereocenters. The first-order valence-electron chi connectivity index (χ1n) is 7.46. The van der Waals surface area contributed by atoms with Gasteiger partial charge in [0.25, 0.3) is 0 Å². The number of benzene rings is 1. The van der Waals surface area contributed by atoms with Gasteiger partial charge < -0.3 is 20.9 Å². The lowest BCUT2D eigenvalue weighted by atomic mass is 10.0. The average molecular weight is 388 g/mol. The summed E-state index contributed by atoms with van der Waals surface area (Å²) in [4.78, 5) is 29.1. The quantitative estimate of drug-likeness (QED) is 0.645. The number of aromatic nitrogens is 2. The minimum absolute atomic E-state index is 0.0466. The second kappa shape index (κ2) is 6.87. The number of rotatable bonds is 4. The van der Waals surface area contributed by atoms with Gasteiger partial charge in [-0.2, -0.15) is 13.2 Å². The van der Waals surface area contributed by atoms with E-state index in [1.54, 1.807) is 24.3 Å². The third-order valence-corrected chi connectivity index (χ3v) is 4.01. The Morgan fingerprint density at radius 1 is 1.31 bits per heavy atom. The summed E-state index contributed by atoms with van der Waals surface area (Å²) in [5.41, 5.74) is 0.544. The van der Waals surface area contributed by atoms with Gasteiger partial charge in [-0.05, 0) is 17.7 Å². The molecule has 2 heterocycles. The van der Waals surface area contributed by atoms with E-state index in [1.165, 1.54) is 0 Å². The number of H-pyrrole nitrogens is 1. The highest BCUT2D eigenvalue weighted by Gasteiger charge is 2.36. The van der Waals surface area contributed by atoms with E-state index in [4.69, 9.17) is 11.6 Å². The lowest BCUT2D eigenvalue weighted by Gasteiger charge is -2.20. The Balaban J connectivity index is 1.89. The van der Waals surface area contributed by atoms with Gasteiger partial charge in [0.1, 0.15) is 6.04 Å². The average Bonchev–Trinajstić information content (AvgIpc) is 3.22. The van der Waals surface area contributed by atoms with E-state index in [1.807, 2.05) is 0 Å². The molecule has 138 valence electrons. The monoisotopic (exact) mass is 387 g/mol. The van der Waals surface area contributed by atoms with Crippen molar-refractivity contribution in [3.8, 4) is 0 Å². The zero-order valence-corrected chi connectivity index (χ0v) is 13.8. The number of hydrogen-bond acceptors (Lipinski definition) is 3. The van der Waals surface area contributed by atoms with Gasteiger partial charge in [-0.1, -0.05) is 23.7 Å². The lowest BCUT2D eigenvalue weighted by molar-refractivity contribution is -0.144. The maximum atomic E-state index is 12.8. The highest BCUT2D eigenvalue weighted by Crippen LogP contribution is 2.29. The van der Waals surface area contributed by atoms with Gasteiger partial charge in [-0.15, -0.1) is 0 Å². The molecule has 26 heavy (non-hydrogen) atoms. The SMILES string of the molecule is O=C1NC[C@@H](C(=O)N[C@@H](c2ccc(Cl)cc2)c2cnc(C(F)(F)F)[nH]2)N1. The van der Waals surface area contributed by atoms with Crippen molar-refractivity contribution >= 4 is 23.5 Å². The summed E-state index contributed by atoms with van der Waals surface area (Å²) >= 11 is 5.84. The van der Waals surface area contributed by atoms with E-state index in [0.717, 1.165) is 6.20 Å². The Morgan fingerprint density at radius 3 is 2.54 bits per heavy atom. The van der Waals surface area contributed by atoms with Crippen LogP contribution in [0.5, 0.6) is 0 Å². The van der Waals surface area contributed by atoms with Gasteiger partial charge in [-0.3, -0.25) is 4.79 Å². The van der Waals surface area contributed by atoms with Gasteiger partial charge in [-0.25, -0.2) is 9.78 Å². The van der Waals surface area contributed by atoms with Crippen molar-refractivity contribution in [2.24, 2.45) is 0 Å². The number of imidazole rings is 1. The number of hydrogen-bond donors (Lipinski definition) is 4. The molecule has 1 aliphatic rings. The number of carbonyl (C=O) groups is 2. The fourth-order valence-corrected chi connectivity index (χ4v) is 2.60. The van der Waals surface area contributed by atoms with E-state index in [-0.39, 0.29) is 12.2 Å². The summed E-state index contributed by atoms with van der Waals surface area (Å²) in [6.45, 7) is 0.0782. The number of carbonyl (C=O) groups excluding carboxylic acids is 2. The first-order chi connectivity index (χ1) is 12.2. The zero-order valence-electron chi connectivity index (χ0n) is 13.0. The Bertz CT molecular complexity index is 821. The van der Waals surface area contributed by atoms with Gasteiger partial charge in [0.2, 0.25) is 11.7 Å². The number of nitrogens with zero attached hydrogens (tertiary/aromatic N) is 1. The van der Waals surface area contributed by atoms with E-state index in [0.29, 0.717) is 10.6 Å². The van der Waals surface area contributed by atoms with Crippen molar-refractivity contribution in [1.82, 2.24) is 25.9 Å². The molecule has 7 nitrogen and oxygen atoms in total. The number of aromatic amines is 1. The molecule has 3 amide bonds. The Morgan fingerprint density at radius 2 is 2.00 bits per heavy atom. The topological polar surface area (TPSA) is 98.9 Å². The number of halogens is 4. The molecule has 2 aromatic rings. The Kier molecular flexibility index (Phi) is 4.77. The highest BCUT2D eigenvalue weighted by molar-refractivity contribution is 6.30. The van der Waals surface area contributed by atoms with Crippen molar-refractivity contribution in [2.45, 2.75) is 18.3 Å². The molecule has 0 bridgehead atoms. The smallest absolute Gasteiger partial charge is 0.342 e. The molecule has 0 aliphatic carbocycles. The number of urea groups is 1. The summed E-state index contributed by atoms with van der Waals surface area (Å²) in [6, 6.07) is 4.00. The predicted octanol–water partition coefficient (Wildman–Crippen LogP) is 1.97. The summed E-state index contributed by atoms with van der Waals surface area (Å²) < 4.78 is 38.5. The molecule has 0 radical (unpaired) electrons. The van der Waals surface area contributed by atoms with Crippen molar-refractivity contribution in [2.75, 3.05) is 6.54 Å². The number of nitrogens with one attached hydrogen (secondary N) is 4. The third kappa shape index (κ3) is 3.90. The largest absolute Gasteiger partial charge is 0.449 e. The van der Waals surface area contributed by atoms with Crippen LogP contribution in [0.4, 0.5) is 18.0 Å². The molecule has 0 spiro atoms. The minimum atomic E-state index is -4.64. The third-order valence-electron chi connectivity index (χ3n) is 3.75. The van der Waals surface area contributed by atoms with E-state index >= 15 is 0 Å². The van der Waals surface area contributed by atoms with Crippen LogP contribution in [-0.4, -0.2) is 34.5 Å². The molecular formula is C15H13ClF3N5O2. The van der Waals surface area contributed by atoms with Crippen LogP contribution in [0.2, 0.25) is 5.02 Å². The summed E-state index contributed by atoms with van der Waals surface area (Å²) in [6.07, 6.45) is -3.63. The highest BCUT2D eigenvalue weighted by atomic mass is 35.5. The second-order valence-corrected chi connectivity index (χ2v) is 6.02. The normalized spacial score (nSPS) is 18.2. The van der Waals surface area contributed by atoms with Crippen molar-refractivity contribution in [1.29, 1.82) is 0 Å². The Labute approximate surface area is 150 Å². The van der Waals surface area contributed by atoms with E-state index in [2.05, 4.69) is 25.9 Å². The van der Waals surface area contributed by atoms with Crippen LogP contribution in [0.1, 0.15) is 23.1 Å².